The summed E-state index contributed by atoms with van der Waals surface area (Å²) in [5, 5.41) is 2.61. The SMILES string of the molecule is CC(=O)Nc1ccc(C(N)=S=O)cc1. The molecule has 0 aliphatic rings. The number of carbonyl (C=O) groups excluding carboxylic acids is 1. The van der Waals surface area contributed by atoms with Gasteiger partial charge in [0.15, 0.2) is 0 Å². The standard InChI is InChI=1S/C9H10N2O2S/c1-6(12)11-8-4-2-7(3-5-8)9(10)14-13/h2-5H,10H2,1H3,(H,11,12). The second-order valence-corrected chi connectivity index (χ2v) is 3.31. The molecule has 74 valence electrons. The Morgan fingerprint density at radius 1 is 1.36 bits per heavy atom. The van der Waals surface area contributed by atoms with Crippen molar-refractivity contribution in [1.82, 2.24) is 0 Å². The molecule has 0 saturated carbocycles. The van der Waals surface area contributed by atoms with Gasteiger partial charge in [0.1, 0.15) is 16.2 Å². The van der Waals surface area contributed by atoms with Crippen LogP contribution in [0.2, 0.25) is 0 Å². The molecule has 0 spiro atoms. The highest BCUT2D eigenvalue weighted by Gasteiger charge is 1.98. The first-order valence-corrected chi connectivity index (χ1v) is 4.68. The van der Waals surface area contributed by atoms with Gasteiger partial charge in [-0.15, -0.1) is 0 Å². The number of hydrogen-bond donors (Lipinski definition) is 2. The number of amides is 1. The van der Waals surface area contributed by atoms with Crippen LogP contribution in [-0.2, 0) is 16.1 Å². The van der Waals surface area contributed by atoms with E-state index in [1.54, 1.807) is 24.3 Å². The minimum Gasteiger partial charge on any atom is -0.326 e. The number of rotatable bonds is 2. The summed E-state index contributed by atoms with van der Waals surface area (Å²) in [6, 6.07) is 6.76. The summed E-state index contributed by atoms with van der Waals surface area (Å²) in [4.78, 5) is 10.9. The van der Waals surface area contributed by atoms with Crippen molar-refractivity contribution >= 4 is 27.8 Å². The lowest BCUT2D eigenvalue weighted by atomic mass is 10.2. The second-order valence-electron chi connectivity index (χ2n) is 2.71. The molecule has 0 atom stereocenters. The summed E-state index contributed by atoms with van der Waals surface area (Å²) in [6.45, 7) is 1.43. The number of nitrogens with two attached hydrogens (primary N) is 1. The zero-order chi connectivity index (χ0) is 10.6. The molecule has 1 rings (SSSR count). The molecular weight excluding hydrogens is 200 g/mol. The minimum absolute atomic E-state index is 0.132. The molecule has 1 aromatic carbocycles. The molecule has 0 aliphatic carbocycles. The number of hydrogen-bond acceptors (Lipinski definition) is 2. The zero-order valence-corrected chi connectivity index (χ0v) is 8.43. The maximum absolute atomic E-state index is 10.7. The van der Waals surface area contributed by atoms with Crippen LogP contribution in [0.5, 0.6) is 0 Å². The topological polar surface area (TPSA) is 72.2 Å². The van der Waals surface area contributed by atoms with Crippen molar-refractivity contribution in [3.05, 3.63) is 29.8 Å². The van der Waals surface area contributed by atoms with Crippen LogP contribution in [0.4, 0.5) is 5.69 Å². The quantitative estimate of drug-likeness (QED) is 0.689. The number of nitrogens with one attached hydrogen (secondary N) is 1. The molecule has 1 amide bonds. The molecule has 0 aliphatic heterocycles. The molecule has 14 heavy (non-hydrogen) atoms. The van der Waals surface area contributed by atoms with E-state index >= 15 is 0 Å². The lowest BCUT2D eigenvalue weighted by molar-refractivity contribution is -0.114. The monoisotopic (exact) mass is 210 g/mol. The van der Waals surface area contributed by atoms with Crippen LogP contribution in [0, 0.1) is 0 Å². The fraction of sp³-hybridized carbons (Fsp3) is 0.111. The van der Waals surface area contributed by atoms with E-state index in [9.17, 15) is 9.00 Å². The average molecular weight is 210 g/mol. The molecular formula is C9H10N2O2S. The Morgan fingerprint density at radius 3 is 2.36 bits per heavy atom. The summed E-state index contributed by atoms with van der Waals surface area (Å²) in [5.41, 5.74) is 6.78. The summed E-state index contributed by atoms with van der Waals surface area (Å²) in [6.07, 6.45) is 0. The molecule has 0 bridgehead atoms. The molecule has 4 nitrogen and oxygen atoms in total. The third-order valence-corrected chi connectivity index (χ3v) is 1.99. The van der Waals surface area contributed by atoms with E-state index < -0.39 is 0 Å². The molecule has 1 aromatic rings. The average Bonchev–Trinajstić information content (AvgIpc) is 2.17. The molecule has 0 saturated heterocycles. The van der Waals surface area contributed by atoms with Crippen LogP contribution in [-0.4, -0.2) is 15.1 Å². The maximum Gasteiger partial charge on any atom is 0.221 e. The molecule has 0 heterocycles. The number of benzene rings is 1. The van der Waals surface area contributed by atoms with Gasteiger partial charge in [-0.2, -0.15) is 0 Å². The second kappa shape index (κ2) is 4.69. The predicted molar refractivity (Wildman–Crippen MR) is 57.2 cm³/mol. The Labute approximate surface area is 85.2 Å². The molecule has 0 aromatic heterocycles. The van der Waals surface area contributed by atoms with E-state index in [1.165, 1.54) is 6.92 Å². The maximum atomic E-state index is 10.7. The van der Waals surface area contributed by atoms with E-state index in [-0.39, 0.29) is 22.2 Å². The Balaban J connectivity index is 2.89. The highest BCUT2D eigenvalue weighted by atomic mass is 32.1. The summed E-state index contributed by atoms with van der Waals surface area (Å²) < 4.78 is 10.4. The lowest BCUT2D eigenvalue weighted by Gasteiger charge is -2.02. The fourth-order valence-electron chi connectivity index (χ4n) is 0.969. The van der Waals surface area contributed by atoms with E-state index in [0.717, 1.165) is 0 Å². The van der Waals surface area contributed by atoms with Gasteiger partial charge in [0.2, 0.25) is 5.91 Å². The lowest BCUT2D eigenvalue weighted by Crippen LogP contribution is -2.12. The van der Waals surface area contributed by atoms with Crippen LogP contribution < -0.4 is 11.1 Å². The molecule has 5 heteroatoms. The van der Waals surface area contributed by atoms with Crippen LogP contribution in [0.15, 0.2) is 24.3 Å². The minimum atomic E-state index is -0.132. The first-order valence-electron chi connectivity index (χ1n) is 3.93. The highest BCUT2D eigenvalue weighted by Crippen LogP contribution is 2.08. The zero-order valence-electron chi connectivity index (χ0n) is 7.61. The highest BCUT2D eigenvalue weighted by molar-refractivity contribution is 7.66. The normalized spacial score (nSPS) is 9.29. The van der Waals surface area contributed by atoms with Crippen LogP contribution in [0.1, 0.15) is 12.5 Å². The first-order chi connectivity index (χ1) is 6.63. The molecule has 3 N–H and O–H groups in total. The summed E-state index contributed by atoms with van der Waals surface area (Å²) in [7, 11) is 0. The van der Waals surface area contributed by atoms with Gasteiger partial charge < -0.3 is 5.32 Å². The Kier molecular flexibility index (Phi) is 3.55. The van der Waals surface area contributed by atoms with Gasteiger partial charge in [-0.05, 0) is 12.1 Å². The Bertz CT molecular complexity index is 394. The van der Waals surface area contributed by atoms with Gasteiger partial charge in [0, 0.05) is 18.2 Å². The van der Waals surface area contributed by atoms with E-state index in [1.807, 2.05) is 0 Å². The Morgan fingerprint density at radius 2 is 1.93 bits per heavy atom. The van der Waals surface area contributed by atoms with Crippen molar-refractivity contribution in [1.29, 1.82) is 0 Å². The van der Waals surface area contributed by atoms with Gasteiger partial charge in [-0.1, -0.05) is 12.1 Å². The van der Waals surface area contributed by atoms with Crippen LogP contribution in [0.25, 0.3) is 0 Å². The van der Waals surface area contributed by atoms with Crippen molar-refractivity contribution < 1.29 is 9.00 Å². The van der Waals surface area contributed by atoms with E-state index in [0.29, 0.717) is 11.3 Å². The van der Waals surface area contributed by atoms with E-state index in [4.69, 9.17) is 5.73 Å². The predicted octanol–water partition coefficient (Wildman–Crippen LogP) is 0.295. The van der Waals surface area contributed by atoms with Crippen LogP contribution >= 0.6 is 0 Å². The largest absolute Gasteiger partial charge is 0.326 e. The van der Waals surface area contributed by atoms with Crippen molar-refractivity contribution in [2.45, 2.75) is 6.92 Å². The fourth-order valence-corrected chi connectivity index (χ4v) is 1.20. The number of anilines is 1. The Hall–Kier alpha value is -1.46. The molecule has 0 unspecified atom stereocenters. The van der Waals surface area contributed by atoms with Gasteiger partial charge in [-0.3, -0.25) is 10.5 Å². The first kappa shape index (κ1) is 10.6. The summed E-state index contributed by atoms with van der Waals surface area (Å²) in [5.74, 6) is -0.132. The van der Waals surface area contributed by atoms with Gasteiger partial charge in [0.25, 0.3) is 0 Å². The van der Waals surface area contributed by atoms with Crippen molar-refractivity contribution in [2.75, 3.05) is 5.32 Å². The summed E-state index contributed by atoms with van der Waals surface area (Å²) >= 11 is 0.255. The molecule has 0 fully saturated rings. The van der Waals surface area contributed by atoms with Crippen molar-refractivity contribution in [2.24, 2.45) is 5.73 Å². The van der Waals surface area contributed by atoms with E-state index in [2.05, 4.69) is 5.32 Å². The van der Waals surface area contributed by atoms with Crippen molar-refractivity contribution in [3.63, 3.8) is 0 Å². The smallest absolute Gasteiger partial charge is 0.221 e. The number of carbonyl (C=O) groups is 1. The third-order valence-electron chi connectivity index (χ3n) is 1.58. The molecule has 0 radical (unpaired) electrons. The third kappa shape index (κ3) is 2.79. The van der Waals surface area contributed by atoms with Gasteiger partial charge in [-0.25, -0.2) is 4.21 Å². The van der Waals surface area contributed by atoms with Crippen molar-refractivity contribution in [3.8, 4) is 0 Å². The van der Waals surface area contributed by atoms with Crippen LogP contribution in [0.3, 0.4) is 0 Å². The van der Waals surface area contributed by atoms with Gasteiger partial charge in [0.05, 0.1) is 0 Å². The van der Waals surface area contributed by atoms with Gasteiger partial charge >= 0.3 is 0 Å².